The number of carbonyl (C=O) groups excluding carboxylic acids is 1. The zero-order chi connectivity index (χ0) is 15.7. The topological polar surface area (TPSA) is 86.7 Å². The fourth-order valence-corrected chi connectivity index (χ4v) is 2.80. The molecular formula is C14H10ClN3O3S. The molecule has 0 saturated heterocycles. The Hall–Kier alpha value is -2.38. The highest BCUT2D eigenvalue weighted by atomic mass is 35.5. The van der Waals surface area contributed by atoms with Gasteiger partial charge in [0.25, 0.3) is 5.56 Å². The number of esters is 1. The van der Waals surface area contributed by atoms with Crippen molar-refractivity contribution in [1.29, 1.82) is 0 Å². The molecule has 3 aromatic rings. The number of hydrogen-bond donors (Lipinski definition) is 1. The van der Waals surface area contributed by atoms with E-state index in [9.17, 15) is 9.59 Å². The van der Waals surface area contributed by atoms with Gasteiger partial charge >= 0.3 is 5.97 Å². The van der Waals surface area contributed by atoms with E-state index in [1.807, 2.05) is 0 Å². The number of halogens is 1. The first-order valence-electron chi connectivity index (χ1n) is 6.22. The third-order valence-corrected chi connectivity index (χ3v) is 3.93. The Morgan fingerprint density at radius 2 is 2.23 bits per heavy atom. The second kappa shape index (κ2) is 5.78. The normalized spacial score (nSPS) is 10.8. The van der Waals surface area contributed by atoms with Gasteiger partial charge in [-0.05, 0) is 18.2 Å². The molecule has 8 heteroatoms. The van der Waals surface area contributed by atoms with Crippen molar-refractivity contribution in [2.45, 2.75) is 6.61 Å². The molecule has 6 nitrogen and oxygen atoms in total. The van der Waals surface area contributed by atoms with E-state index >= 15 is 0 Å². The van der Waals surface area contributed by atoms with E-state index in [1.54, 1.807) is 17.6 Å². The molecule has 0 radical (unpaired) electrons. The van der Waals surface area contributed by atoms with E-state index in [0.29, 0.717) is 15.7 Å². The van der Waals surface area contributed by atoms with Gasteiger partial charge in [-0.25, -0.2) is 9.78 Å². The van der Waals surface area contributed by atoms with E-state index in [2.05, 4.69) is 4.98 Å². The van der Waals surface area contributed by atoms with Crippen molar-refractivity contribution in [3.8, 4) is 0 Å². The number of anilines is 1. The summed E-state index contributed by atoms with van der Waals surface area (Å²) in [5.41, 5.74) is 6.33. The first-order valence-corrected chi connectivity index (χ1v) is 7.48. The molecule has 0 unspecified atom stereocenters. The highest BCUT2D eigenvalue weighted by molar-refractivity contribution is 7.15. The third kappa shape index (κ3) is 2.81. The monoisotopic (exact) mass is 335 g/mol. The van der Waals surface area contributed by atoms with Crippen LogP contribution in [0.15, 0.2) is 40.6 Å². The van der Waals surface area contributed by atoms with Crippen molar-refractivity contribution in [2.24, 2.45) is 0 Å². The van der Waals surface area contributed by atoms with Crippen molar-refractivity contribution in [3.05, 3.63) is 62.5 Å². The molecule has 0 aliphatic rings. The summed E-state index contributed by atoms with van der Waals surface area (Å²) in [6, 6.07) is 5.88. The zero-order valence-electron chi connectivity index (χ0n) is 11.2. The van der Waals surface area contributed by atoms with Crippen LogP contribution in [-0.4, -0.2) is 15.4 Å². The van der Waals surface area contributed by atoms with Gasteiger partial charge < -0.3 is 10.5 Å². The molecule has 2 N–H and O–H groups in total. The lowest BCUT2D eigenvalue weighted by Crippen LogP contribution is -2.15. The lowest BCUT2D eigenvalue weighted by atomic mass is 10.2. The number of fused-ring (bicyclic) bond motifs is 1. The van der Waals surface area contributed by atoms with Gasteiger partial charge in [-0.2, -0.15) is 0 Å². The summed E-state index contributed by atoms with van der Waals surface area (Å²) >= 11 is 7.16. The number of hydrogen-bond acceptors (Lipinski definition) is 6. The lowest BCUT2D eigenvalue weighted by molar-refractivity contribution is 0.0469. The van der Waals surface area contributed by atoms with Gasteiger partial charge in [-0.1, -0.05) is 11.6 Å². The van der Waals surface area contributed by atoms with Gasteiger partial charge in [-0.15, -0.1) is 11.3 Å². The molecule has 0 bridgehead atoms. The Kier molecular flexibility index (Phi) is 3.82. The van der Waals surface area contributed by atoms with Gasteiger partial charge in [0.15, 0.2) is 4.96 Å². The second-order valence-electron chi connectivity index (χ2n) is 4.45. The first kappa shape index (κ1) is 14.6. The average Bonchev–Trinajstić information content (AvgIpc) is 2.96. The van der Waals surface area contributed by atoms with Gasteiger partial charge in [0.2, 0.25) is 0 Å². The van der Waals surface area contributed by atoms with Crippen LogP contribution in [0, 0.1) is 0 Å². The van der Waals surface area contributed by atoms with Crippen LogP contribution >= 0.6 is 22.9 Å². The van der Waals surface area contributed by atoms with E-state index in [1.165, 1.54) is 33.9 Å². The highest BCUT2D eigenvalue weighted by Crippen LogP contribution is 2.19. The molecule has 0 amide bonds. The van der Waals surface area contributed by atoms with Crippen LogP contribution in [0.25, 0.3) is 4.96 Å². The van der Waals surface area contributed by atoms with Crippen molar-refractivity contribution >= 4 is 39.6 Å². The minimum Gasteiger partial charge on any atom is -0.456 e. The summed E-state index contributed by atoms with van der Waals surface area (Å²) in [5, 5.41) is 2.14. The quantitative estimate of drug-likeness (QED) is 0.586. The number of thiazole rings is 1. The molecule has 112 valence electrons. The minimum atomic E-state index is -0.617. The molecule has 0 spiro atoms. The van der Waals surface area contributed by atoms with Crippen LogP contribution in [0.4, 0.5) is 5.69 Å². The number of aromatic nitrogens is 2. The Labute approximate surface area is 133 Å². The molecule has 22 heavy (non-hydrogen) atoms. The van der Waals surface area contributed by atoms with Crippen LogP contribution in [0.2, 0.25) is 5.02 Å². The summed E-state index contributed by atoms with van der Waals surface area (Å²) < 4.78 is 6.57. The summed E-state index contributed by atoms with van der Waals surface area (Å²) in [4.78, 5) is 28.6. The second-order valence-corrected chi connectivity index (χ2v) is 5.76. The molecule has 2 heterocycles. The van der Waals surface area contributed by atoms with Crippen molar-refractivity contribution in [2.75, 3.05) is 5.73 Å². The zero-order valence-corrected chi connectivity index (χ0v) is 12.7. The van der Waals surface area contributed by atoms with Crippen molar-refractivity contribution in [1.82, 2.24) is 9.38 Å². The van der Waals surface area contributed by atoms with E-state index in [-0.39, 0.29) is 23.4 Å². The number of nitrogens with two attached hydrogens (primary N) is 1. The first-order chi connectivity index (χ1) is 10.5. The van der Waals surface area contributed by atoms with Gasteiger partial charge in [0, 0.05) is 28.4 Å². The highest BCUT2D eigenvalue weighted by Gasteiger charge is 2.13. The fourth-order valence-electron chi connectivity index (χ4n) is 1.88. The number of benzene rings is 1. The standard InChI is InChI=1S/C14H10ClN3O3S/c15-8-1-2-11(16)10(5-8)13(20)21-7-9-6-12(19)18-3-4-22-14(18)17-9/h1-6H,7,16H2. The maximum absolute atomic E-state index is 12.0. The number of nitrogens with zero attached hydrogens (tertiary/aromatic N) is 2. The number of rotatable bonds is 3. The molecule has 2 aromatic heterocycles. The SMILES string of the molecule is Nc1ccc(Cl)cc1C(=O)OCc1cc(=O)n2ccsc2n1. The van der Waals surface area contributed by atoms with Crippen LogP contribution in [0.1, 0.15) is 16.1 Å². The Balaban J connectivity index is 1.80. The van der Waals surface area contributed by atoms with Crippen LogP contribution in [-0.2, 0) is 11.3 Å². The maximum atomic E-state index is 12.0. The van der Waals surface area contributed by atoms with Crippen molar-refractivity contribution < 1.29 is 9.53 Å². The molecule has 0 aliphatic carbocycles. The summed E-state index contributed by atoms with van der Waals surface area (Å²) in [6.45, 7) is -0.117. The van der Waals surface area contributed by atoms with Crippen LogP contribution in [0.5, 0.6) is 0 Å². The van der Waals surface area contributed by atoms with E-state index in [0.717, 1.165) is 0 Å². The summed E-state index contributed by atoms with van der Waals surface area (Å²) in [5.74, 6) is -0.617. The predicted molar refractivity (Wildman–Crippen MR) is 84.3 cm³/mol. The molecule has 0 aliphatic heterocycles. The van der Waals surface area contributed by atoms with Crippen LogP contribution in [0.3, 0.4) is 0 Å². The van der Waals surface area contributed by atoms with Gasteiger partial charge in [0.1, 0.15) is 6.61 Å². The Morgan fingerprint density at radius 1 is 1.41 bits per heavy atom. The molecule has 3 rings (SSSR count). The van der Waals surface area contributed by atoms with Gasteiger partial charge in [-0.3, -0.25) is 9.20 Å². The number of nitrogen functional groups attached to an aromatic ring is 1. The third-order valence-electron chi connectivity index (χ3n) is 2.94. The largest absolute Gasteiger partial charge is 0.456 e. The smallest absolute Gasteiger partial charge is 0.340 e. The lowest BCUT2D eigenvalue weighted by Gasteiger charge is -2.07. The maximum Gasteiger partial charge on any atom is 0.340 e. The predicted octanol–water partition coefficient (Wildman–Crippen LogP) is 2.35. The summed E-state index contributed by atoms with van der Waals surface area (Å²) in [6.07, 6.45) is 1.64. The summed E-state index contributed by atoms with van der Waals surface area (Å²) in [7, 11) is 0. The molecule has 0 fully saturated rings. The molecule has 0 saturated carbocycles. The van der Waals surface area contributed by atoms with Gasteiger partial charge in [0.05, 0.1) is 11.3 Å². The number of ether oxygens (including phenoxy) is 1. The van der Waals surface area contributed by atoms with Crippen LogP contribution < -0.4 is 11.3 Å². The Bertz CT molecular complexity index is 919. The molecule has 0 atom stereocenters. The fraction of sp³-hybridized carbons (Fsp3) is 0.0714. The average molecular weight is 336 g/mol. The van der Waals surface area contributed by atoms with E-state index < -0.39 is 5.97 Å². The van der Waals surface area contributed by atoms with Crippen molar-refractivity contribution in [3.63, 3.8) is 0 Å². The minimum absolute atomic E-state index is 0.117. The van der Waals surface area contributed by atoms with E-state index in [4.69, 9.17) is 22.1 Å². The molecular weight excluding hydrogens is 326 g/mol. The Morgan fingerprint density at radius 3 is 3.05 bits per heavy atom. The number of carbonyl (C=O) groups is 1. The molecule has 1 aromatic carbocycles.